The van der Waals surface area contributed by atoms with Crippen LogP contribution in [-0.2, 0) is 19.6 Å². The zero-order valence-corrected chi connectivity index (χ0v) is 14.1. The van der Waals surface area contributed by atoms with Gasteiger partial charge in [0.1, 0.15) is 5.76 Å². The highest BCUT2D eigenvalue weighted by atomic mass is 16.3. The zero-order chi connectivity index (χ0) is 16.5. The molecule has 3 aromatic rings. The van der Waals surface area contributed by atoms with Gasteiger partial charge in [0.15, 0.2) is 0 Å². The van der Waals surface area contributed by atoms with Gasteiger partial charge >= 0.3 is 0 Å². The molecule has 4 heteroatoms. The van der Waals surface area contributed by atoms with Gasteiger partial charge in [-0.3, -0.25) is 9.58 Å². The van der Waals surface area contributed by atoms with Crippen LogP contribution in [0.3, 0.4) is 0 Å². The number of hydrogen-bond donors (Lipinski definition) is 0. The molecule has 0 spiro atoms. The Bertz CT molecular complexity index is 662. The van der Waals surface area contributed by atoms with Crippen LogP contribution in [0.5, 0.6) is 0 Å². The second-order valence-corrected chi connectivity index (χ2v) is 6.11. The van der Waals surface area contributed by atoms with Gasteiger partial charge in [0.05, 0.1) is 12.8 Å². The number of aryl methyl sites for hydroxylation is 1. The number of hydrogen-bond acceptors (Lipinski definition) is 3. The fraction of sp³-hybridized carbons (Fsp3) is 0.350. The van der Waals surface area contributed by atoms with Crippen LogP contribution in [0.4, 0.5) is 0 Å². The molecule has 0 amide bonds. The van der Waals surface area contributed by atoms with Crippen LogP contribution in [0.2, 0.25) is 0 Å². The Morgan fingerprint density at radius 2 is 1.83 bits per heavy atom. The van der Waals surface area contributed by atoms with Crippen LogP contribution < -0.4 is 0 Å². The molecule has 1 aromatic carbocycles. The minimum Gasteiger partial charge on any atom is -0.468 e. The minimum atomic E-state index is 0.862. The molecule has 0 aliphatic rings. The molecule has 3 rings (SSSR count). The zero-order valence-electron chi connectivity index (χ0n) is 14.1. The highest BCUT2D eigenvalue weighted by Gasteiger charge is 2.08. The lowest BCUT2D eigenvalue weighted by molar-refractivity contribution is 0.229. The molecule has 0 bridgehead atoms. The van der Waals surface area contributed by atoms with Crippen molar-refractivity contribution < 1.29 is 4.42 Å². The van der Waals surface area contributed by atoms with E-state index in [0.717, 1.165) is 31.9 Å². The number of nitrogens with zero attached hydrogens (tertiary/aromatic N) is 3. The van der Waals surface area contributed by atoms with Crippen molar-refractivity contribution in [1.82, 2.24) is 14.7 Å². The topological polar surface area (TPSA) is 34.2 Å². The second kappa shape index (κ2) is 9.08. The van der Waals surface area contributed by atoms with E-state index in [-0.39, 0.29) is 0 Å². The molecular formula is C20H25N3O. The van der Waals surface area contributed by atoms with Gasteiger partial charge in [-0.25, -0.2) is 0 Å². The van der Waals surface area contributed by atoms with Crippen LogP contribution in [0.15, 0.2) is 71.6 Å². The van der Waals surface area contributed by atoms with E-state index in [2.05, 4.69) is 46.4 Å². The smallest absolute Gasteiger partial charge is 0.117 e. The molecule has 126 valence electrons. The average Bonchev–Trinajstić information content (AvgIpc) is 3.29. The quantitative estimate of drug-likeness (QED) is 0.520. The van der Waals surface area contributed by atoms with E-state index in [4.69, 9.17) is 4.42 Å². The summed E-state index contributed by atoms with van der Waals surface area (Å²) in [5.74, 6) is 1.03. The normalized spacial score (nSPS) is 11.2. The van der Waals surface area contributed by atoms with E-state index in [0.29, 0.717) is 0 Å². The Labute approximate surface area is 143 Å². The van der Waals surface area contributed by atoms with Gasteiger partial charge in [0.2, 0.25) is 0 Å². The lowest BCUT2D eigenvalue weighted by Gasteiger charge is -2.21. The van der Waals surface area contributed by atoms with Crippen LogP contribution in [0.25, 0.3) is 0 Å². The summed E-state index contributed by atoms with van der Waals surface area (Å²) >= 11 is 0. The van der Waals surface area contributed by atoms with Crippen molar-refractivity contribution in [3.05, 3.63) is 78.5 Å². The summed E-state index contributed by atoms with van der Waals surface area (Å²) in [6.07, 6.45) is 9.18. The maximum Gasteiger partial charge on any atom is 0.117 e. The molecule has 0 aliphatic heterocycles. The number of furan rings is 1. The molecule has 0 N–H and O–H groups in total. The molecule has 2 aromatic heterocycles. The van der Waals surface area contributed by atoms with Gasteiger partial charge < -0.3 is 4.42 Å². The summed E-state index contributed by atoms with van der Waals surface area (Å²) in [6.45, 7) is 3.90. The number of benzene rings is 1. The maximum atomic E-state index is 5.52. The maximum absolute atomic E-state index is 5.52. The van der Waals surface area contributed by atoms with Gasteiger partial charge in [0, 0.05) is 25.5 Å². The fourth-order valence-corrected chi connectivity index (χ4v) is 2.90. The van der Waals surface area contributed by atoms with Crippen molar-refractivity contribution in [2.45, 2.75) is 38.9 Å². The molecule has 0 atom stereocenters. The van der Waals surface area contributed by atoms with Gasteiger partial charge in [0.25, 0.3) is 0 Å². The first-order valence-electron chi connectivity index (χ1n) is 8.66. The van der Waals surface area contributed by atoms with E-state index in [9.17, 15) is 0 Å². The summed E-state index contributed by atoms with van der Waals surface area (Å²) in [4.78, 5) is 2.46. The molecule has 0 unspecified atom stereocenters. The monoisotopic (exact) mass is 323 g/mol. The van der Waals surface area contributed by atoms with Crippen LogP contribution in [-0.4, -0.2) is 21.2 Å². The molecule has 2 heterocycles. The first kappa shape index (κ1) is 16.5. The molecule has 0 radical (unpaired) electrons. The highest BCUT2D eigenvalue weighted by molar-refractivity contribution is 5.14. The second-order valence-electron chi connectivity index (χ2n) is 6.11. The van der Waals surface area contributed by atoms with Gasteiger partial charge in [-0.2, -0.15) is 5.10 Å². The number of aromatic nitrogens is 2. The highest BCUT2D eigenvalue weighted by Crippen LogP contribution is 2.12. The first-order valence-corrected chi connectivity index (χ1v) is 8.66. The van der Waals surface area contributed by atoms with Gasteiger partial charge in [-0.15, -0.1) is 0 Å². The average molecular weight is 323 g/mol. The van der Waals surface area contributed by atoms with Crippen molar-refractivity contribution in [2.75, 3.05) is 6.54 Å². The molecule has 24 heavy (non-hydrogen) atoms. The fourth-order valence-electron chi connectivity index (χ4n) is 2.90. The van der Waals surface area contributed by atoms with Crippen molar-refractivity contribution in [3.8, 4) is 0 Å². The summed E-state index contributed by atoms with van der Waals surface area (Å²) < 4.78 is 7.53. The predicted molar refractivity (Wildman–Crippen MR) is 95.3 cm³/mol. The summed E-state index contributed by atoms with van der Waals surface area (Å²) in [7, 11) is 0. The van der Waals surface area contributed by atoms with Crippen LogP contribution in [0, 0.1) is 0 Å². The van der Waals surface area contributed by atoms with E-state index in [1.165, 1.54) is 24.8 Å². The van der Waals surface area contributed by atoms with Crippen LogP contribution >= 0.6 is 0 Å². The number of unbranched alkanes of at least 4 members (excludes halogenated alkanes) is 2. The van der Waals surface area contributed by atoms with Crippen molar-refractivity contribution in [2.24, 2.45) is 0 Å². The van der Waals surface area contributed by atoms with Crippen molar-refractivity contribution in [3.63, 3.8) is 0 Å². The molecule has 0 aliphatic carbocycles. The predicted octanol–water partition coefficient (Wildman–Crippen LogP) is 4.35. The Balaban J connectivity index is 1.46. The van der Waals surface area contributed by atoms with E-state index in [1.54, 1.807) is 6.26 Å². The van der Waals surface area contributed by atoms with E-state index in [1.807, 2.05) is 29.2 Å². The third-order valence-electron chi connectivity index (χ3n) is 4.13. The Morgan fingerprint density at radius 1 is 0.917 bits per heavy atom. The minimum absolute atomic E-state index is 0.862. The van der Waals surface area contributed by atoms with Crippen LogP contribution in [0.1, 0.15) is 30.6 Å². The standard InChI is InChI=1S/C20H25N3O/c1-3-9-19(10-4-1)17-22(18-20-11-7-16-24-20)13-5-2-6-14-23-15-8-12-21-23/h1,3-4,7-12,15-16H,2,5-6,13-14,17-18H2. The third-order valence-corrected chi connectivity index (χ3v) is 4.13. The van der Waals surface area contributed by atoms with Gasteiger partial charge in [-0.05, 0) is 43.1 Å². The lowest BCUT2D eigenvalue weighted by Crippen LogP contribution is -2.23. The van der Waals surface area contributed by atoms with Crippen molar-refractivity contribution in [1.29, 1.82) is 0 Å². The molecule has 0 saturated carbocycles. The Kier molecular flexibility index (Phi) is 6.26. The van der Waals surface area contributed by atoms with E-state index >= 15 is 0 Å². The van der Waals surface area contributed by atoms with E-state index < -0.39 is 0 Å². The van der Waals surface area contributed by atoms with Gasteiger partial charge in [-0.1, -0.05) is 36.8 Å². The first-order chi connectivity index (χ1) is 11.9. The Morgan fingerprint density at radius 3 is 2.58 bits per heavy atom. The Hall–Kier alpha value is -2.33. The largest absolute Gasteiger partial charge is 0.468 e. The SMILES string of the molecule is c1ccc(CN(CCCCCn2cccn2)Cc2ccco2)cc1. The summed E-state index contributed by atoms with van der Waals surface area (Å²) in [6, 6.07) is 16.6. The third kappa shape index (κ3) is 5.39. The lowest BCUT2D eigenvalue weighted by atomic mass is 10.2. The molecule has 4 nitrogen and oxygen atoms in total. The molecule has 0 fully saturated rings. The van der Waals surface area contributed by atoms with Crippen molar-refractivity contribution >= 4 is 0 Å². The summed E-state index contributed by atoms with van der Waals surface area (Å²) in [5.41, 5.74) is 1.35. The number of rotatable bonds is 10. The molecular weight excluding hydrogens is 298 g/mol. The summed E-state index contributed by atoms with van der Waals surface area (Å²) in [5, 5.41) is 4.25. The molecule has 0 saturated heterocycles.